The molecule has 1 aromatic carbocycles. The molecule has 3 aliphatic rings. The van der Waals surface area contributed by atoms with Crippen LogP contribution in [0.1, 0.15) is 27.9 Å². The predicted molar refractivity (Wildman–Crippen MR) is 118 cm³/mol. The summed E-state index contributed by atoms with van der Waals surface area (Å²) in [6.45, 7) is 0.110. The number of nitrogens with one attached hydrogen (secondary N) is 1. The number of phenolic OH excluding ortho intramolecular Hbond substituents is 1. The molecule has 1 aromatic rings. The molecule has 0 spiro atoms. The summed E-state index contributed by atoms with van der Waals surface area (Å²) in [7, 11) is 4.57. The first kappa shape index (κ1) is 23.9. The highest BCUT2D eigenvalue weighted by Gasteiger charge is 2.63. The van der Waals surface area contributed by atoms with Crippen molar-refractivity contribution in [2.45, 2.75) is 31.0 Å². The van der Waals surface area contributed by atoms with Gasteiger partial charge in [0.2, 0.25) is 5.78 Å². The summed E-state index contributed by atoms with van der Waals surface area (Å²) >= 11 is 0. The summed E-state index contributed by atoms with van der Waals surface area (Å²) in [4.78, 5) is 45.0. The number of carbonyl (C=O) groups is 3. The van der Waals surface area contributed by atoms with Crippen molar-refractivity contribution in [1.29, 1.82) is 0 Å². The van der Waals surface area contributed by atoms with Crippen LogP contribution >= 0.6 is 0 Å². The lowest BCUT2D eigenvalue weighted by atomic mass is 9.58. The fourth-order valence-electron chi connectivity index (χ4n) is 5.56. The Bertz CT molecular complexity index is 1170. The summed E-state index contributed by atoms with van der Waals surface area (Å²) in [5.74, 6) is -6.64. The Morgan fingerprint density at radius 3 is 2.53 bits per heavy atom. The molecule has 11 nitrogen and oxygen atoms in total. The zero-order valence-corrected chi connectivity index (χ0v) is 19.0. The van der Waals surface area contributed by atoms with Gasteiger partial charge in [0.05, 0.1) is 18.7 Å². The first-order valence-corrected chi connectivity index (χ1v) is 10.7. The number of hydrogen-bond acceptors (Lipinski definition) is 10. The number of rotatable bonds is 5. The Morgan fingerprint density at radius 2 is 1.94 bits per heavy atom. The molecule has 34 heavy (non-hydrogen) atoms. The molecule has 7 N–H and O–H groups in total. The predicted octanol–water partition coefficient (Wildman–Crippen LogP) is -0.228. The largest absolute Gasteiger partial charge is 0.510 e. The van der Waals surface area contributed by atoms with Crippen LogP contribution in [0.5, 0.6) is 5.75 Å². The van der Waals surface area contributed by atoms with Gasteiger partial charge in [-0.2, -0.15) is 5.48 Å². The zero-order chi connectivity index (χ0) is 25.1. The number of allylic oxidation sites excluding steroid dienone is 1. The van der Waals surface area contributed by atoms with Crippen molar-refractivity contribution in [3.05, 3.63) is 51.5 Å². The molecular weight excluding hydrogens is 446 g/mol. The first-order chi connectivity index (χ1) is 16.0. The van der Waals surface area contributed by atoms with Gasteiger partial charge in [-0.05, 0) is 38.4 Å². The van der Waals surface area contributed by atoms with Gasteiger partial charge < -0.3 is 31.0 Å². The molecule has 1 amide bonds. The summed E-state index contributed by atoms with van der Waals surface area (Å²) in [5.41, 5.74) is 5.14. The second-order valence-electron chi connectivity index (χ2n) is 9.10. The molecule has 4 atom stereocenters. The lowest BCUT2D eigenvalue weighted by molar-refractivity contribution is -0.148. The average Bonchev–Trinajstić information content (AvgIpc) is 2.75. The third kappa shape index (κ3) is 3.16. The molecule has 182 valence electrons. The highest BCUT2D eigenvalue weighted by Crippen LogP contribution is 2.52. The van der Waals surface area contributed by atoms with Crippen molar-refractivity contribution >= 4 is 17.5 Å². The van der Waals surface area contributed by atoms with E-state index in [0.717, 1.165) is 0 Å². The second kappa shape index (κ2) is 8.20. The number of carbonyl (C=O) groups excluding carboxylic acids is 3. The van der Waals surface area contributed by atoms with Gasteiger partial charge in [0.1, 0.15) is 22.8 Å². The zero-order valence-electron chi connectivity index (χ0n) is 19.0. The molecule has 0 heterocycles. The number of nitrogens with two attached hydrogens (primary N) is 1. The number of fused-ring (bicyclic) bond motifs is 3. The number of phenols is 1. The van der Waals surface area contributed by atoms with Crippen LogP contribution in [0.25, 0.3) is 0 Å². The van der Waals surface area contributed by atoms with Crippen LogP contribution in [0.15, 0.2) is 34.8 Å². The minimum Gasteiger partial charge on any atom is -0.510 e. The molecule has 0 radical (unpaired) electrons. The van der Waals surface area contributed by atoms with E-state index in [1.165, 1.54) is 12.0 Å². The average molecular weight is 473 g/mol. The van der Waals surface area contributed by atoms with E-state index in [0.29, 0.717) is 11.1 Å². The third-order valence-electron chi connectivity index (χ3n) is 7.09. The van der Waals surface area contributed by atoms with E-state index >= 15 is 0 Å². The molecule has 0 aromatic heterocycles. The number of aliphatic hydroxyl groups excluding tert-OH is 2. The fourth-order valence-corrected chi connectivity index (χ4v) is 5.56. The van der Waals surface area contributed by atoms with Crippen molar-refractivity contribution in [3.8, 4) is 5.75 Å². The lowest BCUT2D eigenvalue weighted by Gasteiger charge is -2.50. The van der Waals surface area contributed by atoms with E-state index in [2.05, 4.69) is 5.48 Å². The van der Waals surface area contributed by atoms with Gasteiger partial charge in [-0.15, -0.1) is 0 Å². The van der Waals surface area contributed by atoms with E-state index in [-0.39, 0.29) is 36.3 Å². The SMILES string of the molecule is CONCc1ccc2c(c1O)C(=O)C1=C(O)[C@]3(O)C(=O)C(C(N)=O)=C(O)[C@@H](N(C)C)[C@@H]3C[C@@H]1C2. The molecule has 11 heteroatoms. The van der Waals surface area contributed by atoms with Gasteiger partial charge in [0.25, 0.3) is 5.91 Å². The van der Waals surface area contributed by atoms with Crippen LogP contribution in [0.4, 0.5) is 0 Å². The maximum absolute atomic E-state index is 13.5. The van der Waals surface area contributed by atoms with Gasteiger partial charge in [0, 0.05) is 23.6 Å². The first-order valence-electron chi connectivity index (χ1n) is 10.7. The Balaban J connectivity index is 1.90. The Hall–Kier alpha value is -3.25. The number of likely N-dealkylation sites (N-methyl/N-ethyl adjacent to an activating group) is 1. The molecule has 3 aliphatic carbocycles. The van der Waals surface area contributed by atoms with Crippen molar-refractivity contribution in [2.75, 3.05) is 21.2 Å². The molecule has 0 saturated carbocycles. The molecule has 0 bridgehead atoms. The second-order valence-corrected chi connectivity index (χ2v) is 9.10. The number of hydroxylamine groups is 1. The van der Waals surface area contributed by atoms with Crippen LogP contribution in [-0.4, -0.2) is 75.6 Å². The Labute approximate surface area is 195 Å². The summed E-state index contributed by atoms with van der Waals surface area (Å²) in [5, 5.41) is 44.2. The number of nitrogens with zero attached hydrogens (tertiary/aromatic N) is 1. The van der Waals surface area contributed by atoms with Gasteiger partial charge in [-0.1, -0.05) is 12.1 Å². The fraction of sp³-hybridized carbons (Fsp3) is 0.435. The Morgan fingerprint density at radius 1 is 1.26 bits per heavy atom. The van der Waals surface area contributed by atoms with Crippen LogP contribution < -0.4 is 11.2 Å². The van der Waals surface area contributed by atoms with Gasteiger partial charge in [-0.3, -0.25) is 19.3 Å². The standard InChI is InChI=1S/C23H27N3O8/c1-26(2)16-12-7-11-6-9-4-5-10(8-25-34-3)17(27)13(9)18(28)14(11)20(30)23(12,33)21(31)15(19(16)29)22(24)32/h4-5,11-12,16,25,27,29-30,33H,6-8H2,1-3H3,(H2,24,32)/t11-,12-,16-,23-/m0/s1. The highest BCUT2D eigenvalue weighted by molar-refractivity contribution is 6.24. The number of aromatic hydroxyl groups is 1. The number of benzene rings is 1. The quantitative estimate of drug-likeness (QED) is 0.247. The van der Waals surface area contributed by atoms with Crippen molar-refractivity contribution in [2.24, 2.45) is 17.6 Å². The van der Waals surface area contributed by atoms with Gasteiger partial charge in [-0.25, -0.2) is 0 Å². The molecular formula is C23H27N3O8. The third-order valence-corrected chi connectivity index (χ3v) is 7.09. The van der Waals surface area contributed by atoms with Crippen LogP contribution in [0.3, 0.4) is 0 Å². The van der Waals surface area contributed by atoms with E-state index in [4.69, 9.17) is 10.6 Å². The van der Waals surface area contributed by atoms with Crippen LogP contribution in [0.2, 0.25) is 0 Å². The maximum atomic E-state index is 13.5. The topological polar surface area (TPSA) is 183 Å². The van der Waals surface area contributed by atoms with Crippen LogP contribution in [-0.2, 0) is 27.4 Å². The maximum Gasteiger partial charge on any atom is 0.255 e. The minimum atomic E-state index is -2.64. The number of hydrogen-bond donors (Lipinski definition) is 6. The van der Waals surface area contributed by atoms with Gasteiger partial charge in [0.15, 0.2) is 11.4 Å². The summed E-state index contributed by atoms with van der Waals surface area (Å²) in [6.07, 6.45) is 0.305. The molecule has 0 fully saturated rings. The smallest absolute Gasteiger partial charge is 0.255 e. The number of amides is 1. The highest BCUT2D eigenvalue weighted by atomic mass is 16.6. The molecule has 4 rings (SSSR count). The Kier molecular flexibility index (Phi) is 5.76. The molecule has 0 unspecified atom stereocenters. The van der Waals surface area contributed by atoms with Crippen molar-refractivity contribution < 1.29 is 39.6 Å². The summed E-state index contributed by atoms with van der Waals surface area (Å²) in [6, 6.07) is 2.34. The van der Waals surface area contributed by atoms with Crippen LogP contribution in [0, 0.1) is 11.8 Å². The van der Waals surface area contributed by atoms with Crippen molar-refractivity contribution in [1.82, 2.24) is 10.4 Å². The number of primary amides is 1. The van der Waals surface area contributed by atoms with Gasteiger partial charge >= 0.3 is 0 Å². The van der Waals surface area contributed by atoms with E-state index in [9.17, 15) is 34.8 Å². The van der Waals surface area contributed by atoms with Crippen molar-refractivity contribution in [3.63, 3.8) is 0 Å². The van der Waals surface area contributed by atoms with E-state index in [1.807, 2.05) is 0 Å². The molecule has 0 aliphatic heterocycles. The normalized spacial score (nSPS) is 28.7. The van der Waals surface area contributed by atoms with E-state index in [1.54, 1.807) is 26.2 Å². The van der Waals surface area contributed by atoms with E-state index < -0.39 is 58.0 Å². The number of Topliss-reactive ketones (excluding diaryl/α,β-unsaturated/α-hetero) is 2. The summed E-state index contributed by atoms with van der Waals surface area (Å²) < 4.78 is 0. The molecule has 0 saturated heterocycles. The minimum absolute atomic E-state index is 0.0313. The lowest BCUT2D eigenvalue weighted by Crippen LogP contribution is -2.63. The monoisotopic (exact) mass is 473 g/mol. The number of aliphatic hydroxyl groups is 3. The number of ketones is 2.